The van der Waals surface area contributed by atoms with E-state index in [-0.39, 0.29) is 5.41 Å². The number of likely N-dealkylation sites (N-methyl/N-ethyl adjacent to an activating group) is 1. The normalized spacial score (nSPS) is 12.2. The molecule has 0 aliphatic heterocycles. The summed E-state index contributed by atoms with van der Waals surface area (Å²) in [4.78, 5) is 3.57. The summed E-state index contributed by atoms with van der Waals surface area (Å²) in [6.07, 6.45) is 0. The average molecular weight is 230 g/mol. The van der Waals surface area contributed by atoms with E-state index in [1.807, 2.05) is 0 Å². The van der Waals surface area contributed by atoms with Crippen LogP contribution in [0.2, 0.25) is 0 Å². The van der Waals surface area contributed by atoms with Crippen molar-refractivity contribution in [3.05, 3.63) is 35.5 Å². The Morgan fingerprint density at radius 1 is 1.24 bits per heavy atom. The van der Waals surface area contributed by atoms with Crippen LogP contribution in [0.25, 0.3) is 10.9 Å². The number of fused-ring (bicyclic) bond motifs is 1. The maximum Gasteiger partial charge on any atom is 0.0459 e. The number of rotatable bonds is 4. The minimum atomic E-state index is 0.138. The molecule has 0 aliphatic carbocycles. The van der Waals surface area contributed by atoms with Gasteiger partial charge in [0, 0.05) is 28.6 Å². The van der Waals surface area contributed by atoms with Gasteiger partial charge in [0.25, 0.3) is 0 Å². The van der Waals surface area contributed by atoms with Gasteiger partial charge in [0.1, 0.15) is 0 Å². The van der Waals surface area contributed by atoms with Crippen LogP contribution in [0.4, 0.5) is 0 Å². The number of aryl methyl sites for hydroxylation is 1. The van der Waals surface area contributed by atoms with Crippen molar-refractivity contribution in [1.29, 1.82) is 0 Å². The van der Waals surface area contributed by atoms with E-state index in [9.17, 15) is 0 Å². The van der Waals surface area contributed by atoms with Crippen molar-refractivity contribution in [1.82, 2.24) is 10.3 Å². The summed E-state index contributed by atoms with van der Waals surface area (Å²) in [5.41, 5.74) is 4.10. The van der Waals surface area contributed by atoms with Crippen LogP contribution in [0.5, 0.6) is 0 Å². The monoisotopic (exact) mass is 230 g/mol. The SMILES string of the molecule is CCNCC(C)(C)c1[nH]c2ccccc2c1C. The molecule has 0 unspecified atom stereocenters. The van der Waals surface area contributed by atoms with Crippen LogP contribution in [0.15, 0.2) is 24.3 Å². The summed E-state index contributed by atoms with van der Waals surface area (Å²) in [7, 11) is 0. The maximum atomic E-state index is 3.57. The molecule has 0 saturated heterocycles. The fourth-order valence-electron chi connectivity index (χ4n) is 2.48. The smallest absolute Gasteiger partial charge is 0.0459 e. The molecule has 0 fully saturated rings. The highest BCUT2D eigenvalue weighted by Crippen LogP contribution is 2.30. The minimum Gasteiger partial charge on any atom is -0.358 e. The standard InChI is InChI=1S/C15H22N2/c1-5-16-10-15(3,4)14-11(2)12-8-6-7-9-13(12)17-14/h6-9,16-17H,5,10H2,1-4H3. The summed E-state index contributed by atoms with van der Waals surface area (Å²) >= 11 is 0. The first kappa shape index (κ1) is 12.2. The first-order chi connectivity index (χ1) is 8.06. The molecule has 0 bridgehead atoms. The molecule has 0 amide bonds. The molecule has 2 N–H and O–H groups in total. The fraction of sp³-hybridized carbons (Fsp3) is 0.467. The number of aromatic amines is 1. The molecule has 2 nitrogen and oxygen atoms in total. The van der Waals surface area contributed by atoms with Gasteiger partial charge in [0.15, 0.2) is 0 Å². The van der Waals surface area contributed by atoms with E-state index < -0.39 is 0 Å². The van der Waals surface area contributed by atoms with Crippen molar-refractivity contribution in [3.8, 4) is 0 Å². The highest BCUT2D eigenvalue weighted by molar-refractivity contribution is 5.84. The Balaban J connectivity index is 2.44. The van der Waals surface area contributed by atoms with Crippen LogP contribution >= 0.6 is 0 Å². The van der Waals surface area contributed by atoms with Gasteiger partial charge in [-0.25, -0.2) is 0 Å². The van der Waals surface area contributed by atoms with Crippen molar-refractivity contribution in [2.45, 2.75) is 33.1 Å². The summed E-state index contributed by atoms with van der Waals surface area (Å²) in [6.45, 7) is 10.9. The van der Waals surface area contributed by atoms with E-state index in [0.29, 0.717) is 0 Å². The number of H-pyrrole nitrogens is 1. The lowest BCUT2D eigenvalue weighted by molar-refractivity contribution is 0.466. The zero-order chi connectivity index (χ0) is 12.5. The zero-order valence-corrected chi connectivity index (χ0v) is 11.2. The van der Waals surface area contributed by atoms with E-state index in [0.717, 1.165) is 13.1 Å². The molecule has 2 rings (SSSR count). The van der Waals surface area contributed by atoms with Gasteiger partial charge in [0.2, 0.25) is 0 Å². The number of aromatic nitrogens is 1. The molecule has 0 spiro atoms. The topological polar surface area (TPSA) is 27.8 Å². The van der Waals surface area contributed by atoms with Crippen molar-refractivity contribution in [2.24, 2.45) is 0 Å². The van der Waals surface area contributed by atoms with Gasteiger partial charge in [-0.1, -0.05) is 39.0 Å². The van der Waals surface area contributed by atoms with Gasteiger partial charge in [-0.15, -0.1) is 0 Å². The van der Waals surface area contributed by atoms with E-state index in [1.165, 1.54) is 22.2 Å². The van der Waals surface area contributed by atoms with Crippen LogP contribution in [0.1, 0.15) is 32.0 Å². The van der Waals surface area contributed by atoms with E-state index >= 15 is 0 Å². The average Bonchev–Trinajstić information content (AvgIpc) is 2.66. The Bertz CT molecular complexity index is 509. The molecule has 92 valence electrons. The predicted octanol–water partition coefficient (Wildman–Crippen LogP) is 3.36. The molecule has 1 heterocycles. The van der Waals surface area contributed by atoms with Crippen molar-refractivity contribution >= 4 is 10.9 Å². The van der Waals surface area contributed by atoms with Gasteiger partial charge in [-0.05, 0) is 25.1 Å². The second kappa shape index (κ2) is 4.53. The lowest BCUT2D eigenvalue weighted by Crippen LogP contribution is -2.33. The Morgan fingerprint density at radius 2 is 1.94 bits per heavy atom. The van der Waals surface area contributed by atoms with E-state index in [1.54, 1.807) is 0 Å². The summed E-state index contributed by atoms with van der Waals surface area (Å²) in [5, 5.41) is 4.78. The molecule has 0 radical (unpaired) electrons. The Morgan fingerprint density at radius 3 is 2.59 bits per heavy atom. The number of para-hydroxylation sites is 1. The Labute approximate surface area is 103 Å². The highest BCUT2D eigenvalue weighted by atomic mass is 14.9. The lowest BCUT2D eigenvalue weighted by Gasteiger charge is -2.25. The number of hydrogen-bond acceptors (Lipinski definition) is 1. The molecule has 0 saturated carbocycles. The van der Waals surface area contributed by atoms with Crippen LogP contribution in [0.3, 0.4) is 0 Å². The van der Waals surface area contributed by atoms with Gasteiger partial charge >= 0.3 is 0 Å². The molecule has 2 heteroatoms. The Kier molecular flexibility index (Phi) is 3.25. The second-order valence-corrected chi connectivity index (χ2v) is 5.33. The second-order valence-electron chi connectivity index (χ2n) is 5.33. The van der Waals surface area contributed by atoms with Gasteiger partial charge < -0.3 is 10.3 Å². The maximum absolute atomic E-state index is 3.57. The quantitative estimate of drug-likeness (QED) is 0.828. The summed E-state index contributed by atoms with van der Waals surface area (Å²) in [5.74, 6) is 0. The van der Waals surface area contributed by atoms with Crippen molar-refractivity contribution in [2.75, 3.05) is 13.1 Å². The van der Waals surface area contributed by atoms with Crippen LogP contribution in [-0.4, -0.2) is 18.1 Å². The molecule has 17 heavy (non-hydrogen) atoms. The van der Waals surface area contributed by atoms with Gasteiger partial charge in [-0.2, -0.15) is 0 Å². The largest absolute Gasteiger partial charge is 0.358 e. The van der Waals surface area contributed by atoms with E-state index in [4.69, 9.17) is 0 Å². The number of benzene rings is 1. The molecule has 0 atom stereocenters. The highest BCUT2D eigenvalue weighted by Gasteiger charge is 2.24. The van der Waals surface area contributed by atoms with Gasteiger partial charge in [0.05, 0.1) is 0 Å². The van der Waals surface area contributed by atoms with Crippen molar-refractivity contribution in [3.63, 3.8) is 0 Å². The zero-order valence-electron chi connectivity index (χ0n) is 11.2. The number of nitrogens with one attached hydrogen (secondary N) is 2. The van der Waals surface area contributed by atoms with E-state index in [2.05, 4.69) is 62.3 Å². The molecule has 1 aromatic heterocycles. The molecule has 2 aromatic rings. The van der Waals surface area contributed by atoms with Crippen LogP contribution in [0, 0.1) is 6.92 Å². The molecule has 0 aliphatic rings. The summed E-state index contributed by atoms with van der Waals surface area (Å²) in [6, 6.07) is 8.52. The lowest BCUT2D eigenvalue weighted by atomic mass is 9.86. The van der Waals surface area contributed by atoms with Gasteiger partial charge in [-0.3, -0.25) is 0 Å². The number of hydrogen-bond donors (Lipinski definition) is 2. The summed E-state index contributed by atoms with van der Waals surface area (Å²) < 4.78 is 0. The predicted molar refractivity (Wildman–Crippen MR) is 74.6 cm³/mol. The third kappa shape index (κ3) is 2.22. The first-order valence-corrected chi connectivity index (χ1v) is 6.35. The molecular formula is C15H22N2. The third-order valence-corrected chi connectivity index (χ3v) is 3.46. The molecule has 1 aromatic carbocycles. The fourth-order valence-corrected chi connectivity index (χ4v) is 2.48. The third-order valence-electron chi connectivity index (χ3n) is 3.46. The van der Waals surface area contributed by atoms with Crippen molar-refractivity contribution < 1.29 is 0 Å². The first-order valence-electron chi connectivity index (χ1n) is 6.35. The molecular weight excluding hydrogens is 208 g/mol. The van der Waals surface area contributed by atoms with Crippen LogP contribution in [-0.2, 0) is 5.41 Å². The Hall–Kier alpha value is -1.28. The van der Waals surface area contributed by atoms with Crippen LogP contribution < -0.4 is 5.32 Å². The minimum absolute atomic E-state index is 0.138.